The summed E-state index contributed by atoms with van der Waals surface area (Å²) in [7, 11) is 0. The quantitative estimate of drug-likeness (QED) is 0.414. The van der Waals surface area contributed by atoms with Crippen LogP contribution in [0.4, 0.5) is 0 Å². The average Bonchev–Trinajstić information content (AvgIpc) is 2.88. The highest BCUT2D eigenvalue weighted by atomic mass is 15.1. The summed E-state index contributed by atoms with van der Waals surface area (Å²) in [5, 5.41) is 0. The first-order valence-corrected chi connectivity index (χ1v) is 4.88. The van der Waals surface area contributed by atoms with E-state index in [-0.39, 0.29) is 0 Å². The molecule has 0 radical (unpaired) electrons. The van der Waals surface area contributed by atoms with E-state index in [4.69, 9.17) is 0 Å². The van der Waals surface area contributed by atoms with Crippen molar-refractivity contribution in [3.05, 3.63) is 37.4 Å². The Kier molecular flexibility index (Phi) is 3.27. The second-order valence-corrected chi connectivity index (χ2v) is 3.19. The van der Waals surface area contributed by atoms with Gasteiger partial charge in [-0.25, -0.2) is 9.97 Å². The van der Waals surface area contributed by atoms with E-state index >= 15 is 0 Å². The fourth-order valence-corrected chi connectivity index (χ4v) is 1.25. The first-order chi connectivity index (χ1) is 7.45. The first kappa shape index (κ1) is 9.64. The minimum Gasteiger partial charge on any atom is -0.337 e. The number of aryl methyl sites for hydroxylation is 1. The minimum atomic E-state index is 0.816. The van der Waals surface area contributed by atoms with Crippen molar-refractivity contribution < 1.29 is 0 Å². The number of rotatable bonds is 5. The third-order valence-electron chi connectivity index (χ3n) is 2.00. The number of hydrogen-bond acceptors (Lipinski definition) is 3. The summed E-state index contributed by atoms with van der Waals surface area (Å²) >= 11 is 0. The Bertz CT molecular complexity index is 387. The van der Waals surface area contributed by atoms with Crippen LogP contribution in [0.15, 0.2) is 42.4 Å². The molecule has 2 heterocycles. The summed E-state index contributed by atoms with van der Waals surface area (Å²) in [5.41, 5.74) is 0. The van der Waals surface area contributed by atoms with Crippen molar-refractivity contribution in [3.63, 3.8) is 0 Å². The lowest BCUT2D eigenvalue weighted by Gasteiger charge is -1.98. The Labute approximate surface area is 88.1 Å². The first-order valence-electron chi connectivity index (χ1n) is 4.88. The molecule has 0 unspecified atom stereocenters. The summed E-state index contributed by atoms with van der Waals surface area (Å²) < 4.78 is 3.88. The zero-order valence-corrected chi connectivity index (χ0v) is 8.40. The molecule has 15 heavy (non-hydrogen) atoms. The summed E-state index contributed by atoms with van der Waals surface area (Å²) in [6, 6.07) is 0. The molecular formula is C10H13N5. The van der Waals surface area contributed by atoms with Crippen molar-refractivity contribution in [2.75, 3.05) is 6.54 Å². The third-order valence-corrected chi connectivity index (χ3v) is 2.00. The molecular weight excluding hydrogens is 190 g/mol. The SMILES string of the molecule is C(=NCCCn1ccnc1)n1ccnc1. The van der Waals surface area contributed by atoms with Gasteiger partial charge in [-0.15, -0.1) is 0 Å². The van der Waals surface area contributed by atoms with Crippen molar-refractivity contribution in [1.29, 1.82) is 0 Å². The van der Waals surface area contributed by atoms with Gasteiger partial charge in [-0.1, -0.05) is 0 Å². The molecule has 0 aliphatic heterocycles. The van der Waals surface area contributed by atoms with Crippen LogP contribution in [-0.2, 0) is 6.54 Å². The zero-order valence-electron chi connectivity index (χ0n) is 8.40. The molecule has 0 atom stereocenters. The Morgan fingerprint density at radius 1 is 1.13 bits per heavy atom. The summed E-state index contributed by atoms with van der Waals surface area (Å²) in [6.45, 7) is 1.78. The van der Waals surface area contributed by atoms with Gasteiger partial charge in [0.2, 0.25) is 0 Å². The van der Waals surface area contributed by atoms with E-state index in [0.29, 0.717) is 0 Å². The second-order valence-electron chi connectivity index (χ2n) is 3.19. The monoisotopic (exact) mass is 203 g/mol. The number of imidazole rings is 2. The van der Waals surface area contributed by atoms with Crippen LogP contribution in [0.25, 0.3) is 0 Å². The van der Waals surface area contributed by atoms with E-state index < -0.39 is 0 Å². The van der Waals surface area contributed by atoms with Gasteiger partial charge in [0.1, 0.15) is 0 Å². The normalized spacial score (nSPS) is 11.2. The third kappa shape index (κ3) is 3.05. The Morgan fingerprint density at radius 2 is 2.00 bits per heavy atom. The predicted octanol–water partition coefficient (Wildman–Crippen LogP) is 1.05. The van der Waals surface area contributed by atoms with Crippen molar-refractivity contribution in [1.82, 2.24) is 19.1 Å². The molecule has 2 rings (SSSR count). The molecule has 0 saturated heterocycles. The van der Waals surface area contributed by atoms with Gasteiger partial charge >= 0.3 is 0 Å². The molecule has 5 nitrogen and oxygen atoms in total. The fourth-order valence-electron chi connectivity index (χ4n) is 1.25. The van der Waals surface area contributed by atoms with Gasteiger partial charge in [0.25, 0.3) is 0 Å². The maximum Gasteiger partial charge on any atom is 0.0998 e. The van der Waals surface area contributed by atoms with Crippen LogP contribution in [-0.4, -0.2) is 32.0 Å². The van der Waals surface area contributed by atoms with Gasteiger partial charge in [-0.2, -0.15) is 0 Å². The van der Waals surface area contributed by atoms with Gasteiger partial charge in [-0.3, -0.25) is 9.56 Å². The maximum absolute atomic E-state index is 4.28. The highest BCUT2D eigenvalue weighted by Gasteiger charge is 1.88. The Balaban J connectivity index is 1.67. The molecule has 0 fully saturated rings. The second kappa shape index (κ2) is 5.09. The van der Waals surface area contributed by atoms with Crippen LogP contribution in [0.1, 0.15) is 6.42 Å². The van der Waals surface area contributed by atoms with Crippen molar-refractivity contribution in [3.8, 4) is 0 Å². The van der Waals surface area contributed by atoms with Crippen LogP contribution in [0.2, 0.25) is 0 Å². The van der Waals surface area contributed by atoms with Gasteiger partial charge in [0, 0.05) is 37.9 Å². The largest absolute Gasteiger partial charge is 0.337 e. The van der Waals surface area contributed by atoms with E-state index in [0.717, 1.165) is 19.5 Å². The molecule has 0 aliphatic carbocycles. The van der Waals surface area contributed by atoms with Crippen LogP contribution in [0, 0.1) is 0 Å². The molecule has 0 N–H and O–H groups in total. The molecule has 0 bridgehead atoms. The van der Waals surface area contributed by atoms with Gasteiger partial charge < -0.3 is 4.57 Å². The van der Waals surface area contributed by atoms with E-state index in [9.17, 15) is 0 Å². The number of nitrogens with zero attached hydrogens (tertiary/aromatic N) is 5. The highest BCUT2D eigenvalue weighted by Crippen LogP contribution is 1.90. The molecule has 78 valence electrons. The average molecular weight is 203 g/mol. The molecule has 0 saturated carbocycles. The van der Waals surface area contributed by atoms with Crippen LogP contribution in [0.5, 0.6) is 0 Å². The van der Waals surface area contributed by atoms with Crippen molar-refractivity contribution >= 4 is 6.34 Å². The highest BCUT2D eigenvalue weighted by molar-refractivity contribution is 5.57. The lowest BCUT2D eigenvalue weighted by atomic mass is 10.4. The number of aliphatic imine (C=N–C) groups is 1. The van der Waals surface area contributed by atoms with Crippen molar-refractivity contribution in [2.24, 2.45) is 4.99 Å². The molecule has 0 spiro atoms. The van der Waals surface area contributed by atoms with Gasteiger partial charge in [-0.05, 0) is 6.42 Å². The smallest absolute Gasteiger partial charge is 0.0998 e. The molecule has 0 amide bonds. The summed E-state index contributed by atoms with van der Waals surface area (Å²) in [5.74, 6) is 0. The molecule has 0 aliphatic rings. The van der Waals surface area contributed by atoms with Gasteiger partial charge in [0.05, 0.1) is 19.0 Å². The number of hydrogen-bond donors (Lipinski definition) is 0. The lowest BCUT2D eigenvalue weighted by molar-refractivity contribution is 0.651. The minimum absolute atomic E-state index is 0.816. The zero-order chi connectivity index (χ0) is 10.3. The number of aromatic nitrogens is 4. The Morgan fingerprint density at radius 3 is 2.73 bits per heavy atom. The lowest BCUT2D eigenvalue weighted by Crippen LogP contribution is -1.97. The maximum atomic E-state index is 4.28. The van der Waals surface area contributed by atoms with Crippen LogP contribution < -0.4 is 0 Å². The van der Waals surface area contributed by atoms with E-state index in [1.54, 1.807) is 25.1 Å². The summed E-state index contributed by atoms with van der Waals surface area (Å²) in [4.78, 5) is 12.2. The molecule has 2 aromatic rings. The van der Waals surface area contributed by atoms with Gasteiger partial charge in [0.15, 0.2) is 0 Å². The molecule has 2 aromatic heterocycles. The van der Waals surface area contributed by atoms with Crippen LogP contribution in [0.3, 0.4) is 0 Å². The van der Waals surface area contributed by atoms with E-state index in [1.807, 2.05) is 27.9 Å². The molecule has 5 heteroatoms. The summed E-state index contributed by atoms with van der Waals surface area (Å²) in [6.07, 6.45) is 13.7. The fraction of sp³-hybridized carbons (Fsp3) is 0.300. The van der Waals surface area contributed by atoms with E-state index in [1.165, 1.54) is 0 Å². The standard InChI is InChI=1S/C10H13N5/c1(5-14-6-3-12-8-14)2-11-9-15-7-4-13-10-15/h3-4,6-10H,1-2,5H2. The topological polar surface area (TPSA) is 48.0 Å². The van der Waals surface area contributed by atoms with Crippen LogP contribution >= 0.6 is 0 Å². The Hall–Kier alpha value is -1.91. The molecule has 0 aromatic carbocycles. The predicted molar refractivity (Wildman–Crippen MR) is 57.8 cm³/mol. The van der Waals surface area contributed by atoms with E-state index in [2.05, 4.69) is 15.0 Å². The van der Waals surface area contributed by atoms with Crippen molar-refractivity contribution in [2.45, 2.75) is 13.0 Å².